The first-order chi connectivity index (χ1) is 12.5. The molecule has 0 aromatic heterocycles. The smallest absolute Gasteiger partial charge is 0.329 e. The van der Waals surface area contributed by atoms with E-state index < -0.39 is 35.8 Å². The summed E-state index contributed by atoms with van der Waals surface area (Å²) in [7, 11) is 1.24. The van der Waals surface area contributed by atoms with E-state index in [4.69, 9.17) is 4.74 Å². The van der Waals surface area contributed by atoms with Crippen molar-refractivity contribution >= 4 is 23.7 Å². The van der Waals surface area contributed by atoms with Gasteiger partial charge in [-0.05, 0) is 25.0 Å². The molecule has 0 radical (unpaired) electrons. The number of hydrogen-bond acceptors (Lipinski definition) is 5. The number of nitrogens with zero attached hydrogens (tertiary/aromatic N) is 2. The number of methoxy groups -OCH3 is 1. The fraction of sp³-hybridized carbons (Fsp3) is 0.263. The van der Waals surface area contributed by atoms with Gasteiger partial charge >= 0.3 is 5.97 Å². The van der Waals surface area contributed by atoms with Gasteiger partial charge in [0.2, 0.25) is 0 Å². The Morgan fingerprint density at radius 1 is 1.27 bits per heavy atom. The molecular weight excluding hydrogens is 336 g/mol. The van der Waals surface area contributed by atoms with Crippen LogP contribution in [0.3, 0.4) is 0 Å². The zero-order chi connectivity index (χ0) is 18.8. The van der Waals surface area contributed by atoms with Crippen LogP contribution in [0.15, 0.2) is 49.2 Å². The Bertz CT molecular complexity index is 794. The standard InChI is InChI=1S/C19H18N2O5/c1-3-7-14(18(24)20-11-6-10-15(20)19(25)26-2)21-16(22)12-8-4-5-9-13(12)17(21)23/h3-6,8-9,11,14-15H,1,7,10H2,2H3/t14-,15-/m0/s1. The molecule has 2 aliphatic heterocycles. The van der Waals surface area contributed by atoms with Crippen molar-refractivity contribution in [3.63, 3.8) is 0 Å². The predicted octanol–water partition coefficient (Wildman–Crippen LogP) is 1.51. The van der Waals surface area contributed by atoms with Gasteiger partial charge in [-0.1, -0.05) is 24.3 Å². The van der Waals surface area contributed by atoms with Crippen LogP contribution in [0.1, 0.15) is 33.6 Å². The zero-order valence-corrected chi connectivity index (χ0v) is 14.3. The summed E-state index contributed by atoms with van der Waals surface area (Å²) < 4.78 is 4.73. The molecule has 0 saturated heterocycles. The summed E-state index contributed by atoms with van der Waals surface area (Å²) >= 11 is 0. The highest BCUT2D eigenvalue weighted by Gasteiger charge is 2.45. The van der Waals surface area contributed by atoms with E-state index in [1.165, 1.54) is 24.3 Å². The van der Waals surface area contributed by atoms with Crippen LogP contribution in [0.5, 0.6) is 0 Å². The number of fused-ring (bicyclic) bond motifs is 1. The molecule has 0 bridgehead atoms. The quantitative estimate of drug-likeness (QED) is 0.455. The second-order valence-electron chi connectivity index (χ2n) is 5.97. The molecule has 26 heavy (non-hydrogen) atoms. The molecule has 7 heteroatoms. The van der Waals surface area contributed by atoms with Crippen molar-refractivity contribution in [2.24, 2.45) is 0 Å². The second-order valence-corrected chi connectivity index (χ2v) is 5.97. The molecule has 0 spiro atoms. The topological polar surface area (TPSA) is 84.0 Å². The molecule has 0 unspecified atom stereocenters. The number of imide groups is 1. The van der Waals surface area contributed by atoms with E-state index in [0.717, 1.165) is 4.90 Å². The van der Waals surface area contributed by atoms with Crippen LogP contribution < -0.4 is 0 Å². The van der Waals surface area contributed by atoms with Crippen molar-refractivity contribution < 1.29 is 23.9 Å². The molecule has 134 valence electrons. The molecule has 7 nitrogen and oxygen atoms in total. The maximum Gasteiger partial charge on any atom is 0.329 e. The van der Waals surface area contributed by atoms with Crippen molar-refractivity contribution in [2.75, 3.05) is 7.11 Å². The van der Waals surface area contributed by atoms with Gasteiger partial charge in [0.15, 0.2) is 0 Å². The third kappa shape index (κ3) is 2.71. The number of ether oxygens (including phenoxy) is 1. The van der Waals surface area contributed by atoms with E-state index in [9.17, 15) is 19.2 Å². The molecule has 2 atom stereocenters. The van der Waals surface area contributed by atoms with Crippen molar-refractivity contribution in [3.8, 4) is 0 Å². The number of carbonyl (C=O) groups is 4. The van der Waals surface area contributed by atoms with E-state index >= 15 is 0 Å². The Morgan fingerprint density at radius 3 is 2.42 bits per heavy atom. The highest BCUT2D eigenvalue weighted by Crippen LogP contribution is 2.28. The number of amides is 3. The summed E-state index contributed by atoms with van der Waals surface area (Å²) in [5.41, 5.74) is 0.529. The normalized spacial score (nSPS) is 19.5. The molecule has 3 amide bonds. The Morgan fingerprint density at radius 2 is 1.88 bits per heavy atom. The molecule has 2 heterocycles. The summed E-state index contributed by atoms with van der Waals surface area (Å²) in [6.07, 6.45) is 5.04. The lowest BCUT2D eigenvalue weighted by molar-refractivity contribution is -0.151. The van der Waals surface area contributed by atoms with Gasteiger partial charge in [0.25, 0.3) is 17.7 Å². The van der Waals surface area contributed by atoms with Crippen molar-refractivity contribution in [3.05, 3.63) is 60.3 Å². The van der Waals surface area contributed by atoms with Crippen molar-refractivity contribution in [1.29, 1.82) is 0 Å². The summed E-state index contributed by atoms with van der Waals surface area (Å²) in [4.78, 5) is 52.6. The SMILES string of the molecule is C=CC[C@@H](C(=O)N1C=CC[C@H]1C(=O)OC)N1C(=O)c2ccccc2C1=O. The van der Waals surface area contributed by atoms with Crippen LogP contribution in [-0.2, 0) is 14.3 Å². The van der Waals surface area contributed by atoms with Gasteiger partial charge in [-0.3, -0.25) is 19.3 Å². The summed E-state index contributed by atoms with van der Waals surface area (Å²) in [6.45, 7) is 3.62. The molecule has 0 fully saturated rings. The minimum absolute atomic E-state index is 0.0858. The summed E-state index contributed by atoms with van der Waals surface area (Å²) in [5, 5.41) is 0. The van der Waals surface area contributed by atoms with Crippen molar-refractivity contribution in [2.45, 2.75) is 24.9 Å². The zero-order valence-electron chi connectivity index (χ0n) is 14.3. The Balaban J connectivity index is 1.93. The number of benzene rings is 1. The van der Waals surface area contributed by atoms with Gasteiger partial charge in [-0.25, -0.2) is 4.79 Å². The van der Waals surface area contributed by atoms with Crippen LogP contribution in [-0.4, -0.2) is 52.7 Å². The maximum atomic E-state index is 13.1. The lowest BCUT2D eigenvalue weighted by Crippen LogP contribution is -2.52. The van der Waals surface area contributed by atoms with Crippen LogP contribution in [0.2, 0.25) is 0 Å². The maximum absolute atomic E-state index is 13.1. The average Bonchev–Trinajstić information content (AvgIpc) is 3.24. The molecule has 0 saturated carbocycles. The third-order valence-electron chi connectivity index (χ3n) is 4.50. The summed E-state index contributed by atoms with van der Waals surface area (Å²) in [5.74, 6) is -2.13. The van der Waals surface area contributed by atoms with E-state index in [1.807, 2.05) is 0 Å². The molecule has 3 rings (SSSR count). The van der Waals surface area contributed by atoms with Gasteiger partial charge < -0.3 is 9.64 Å². The first-order valence-electron chi connectivity index (χ1n) is 8.15. The second kappa shape index (κ2) is 6.95. The summed E-state index contributed by atoms with van der Waals surface area (Å²) in [6, 6.07) is 4.56. The lowest BCUT2D eigenvalue weighted by atomic mass is 10.1. The van der Waals surface area contributed by atoms with Gasteiger partial charge in [0.1, 0.15) is 12.1 Å². The van der Waals surface area contributed by atoms with E-state index in [-0.39, 0.29) is 17.5 Å². The van der Waals surface area contributed by atoms with Gasteiger partial charge in [0.05, 0.1) is 18.2 Å². The van der Waals surface area contributed by atoms with Crippen LogP contribution >= 0.6 is 0 Å². The number of esters is 1. The number of carbonyl (C=O) groups excluding carboxylic acids is 4. The predicted molar refractivity (Wildman–Crippen MR) is 92.0 cm³/mol. The molecule has 1 aromatic rings. The molecular formula is C19H18N2O5. The molecule has 2 aliphatic rings. The Kier molecular flexibility index (Phi) is 4.71. The Hall–Kier alpha value is -3.22. The van der Waals surface area contributed by atoms with Gasteiger partial charge in [0, 0.05) is 6.20 Å². The molecule has 0 aliphatic carbocycles. The Labute approximate surface area is 150 Å². The van der Waals surface area contributed by atoms with Crippen molar-refractivity contribution in [1.82, 2.24) is 9.80 Å². The highest BCUT2D eigenvalue weighted by atomic mass is 16.5. The fourth-order valence-electron chi connectivity index (χ4n) is 3.23. The van der Waals surface area contributed by atoms with E-state index in [2.05, 4.69) is 6.58 Å². The van der Waals surface area contributed by atoms with Crippen LogP contribution in [0, 0.1) is 0 Å². The fourth-order valence-corrected chi connectivity index (χ4v) is 3.23. The largest absolute Gasteiger partial charge is 0.467 e. The lowest BCUT2D eigenvalue weighted by Gasteiger charge is -2.30. The average molecular weight is 354 g/mol. The minimum Gasteiger partial charge on any atom is -0.467 e. The highest BCUT2D eigenvalue weighted by molar-refractivity contribution is 6.23. The monoisotopic (exact) mass is 354 g/mol. The first-order valence-corrected chi connectivity index (χ1v) is 8.15. The van der Waals surface area contributed by atoms with E-state index in [0.29, 0.717) is 6.42 Å². The van der Waals surface area contributed by atoms with Crippen LogP contribution in [0.25, 0.3) is 0 Å². The van der Waals surface area contributed by atoms with Gasteiger partial charge in [-0.2, -0.15) is 0 Å². The third-order valence-corrected chi connectivity index (χ3v) is 4.50. The molecule has 1 aromatic carbocycles. The van der Waals surface area contributed by atoms with Gasteiger partial charge in [-0.15, -0.1) is 6.58 Å². The first kappa shape index (κ1) is 17.6. The van der Waals surface area contributed by atoms with E-state index in [1.54, 1.807) is 30.3 Å². The number of rotatable bonds is 5. The van der Waals surface area contributed by atoms with Crippen LogP contribution in [0.4, 0.5) is 0 Å². The minimum atomic E-state index is -1.07. The molecule has 0 N–H and O–H groups in total. The number of hydrogen-bond donors (Lipinski definition) is 0.